The zero-order valence-electron chi connectivity index (χ0n) is 23.6. The van der Waals surface area contributed by atoms with Crippen molar-refractivity contribution >= 4 is 44.0 Å². The summed E-state index contributed by atoms with van der Waals surface area (Å²) in [5.74, 6) is 0. The average Bonchev–Trinajstić information content (AvgIpc) is 3.67. The summed E-state index contributed by atoms with van der Waals surface area (Å²) < 4.78 is 13.0. The fourth-order valence-electron chi connectivity index (χ4n) is 6.23. The molecule has 0 unspecified atom stereocenters. The lowest BCUT2D eigenvalue weighted by molar-refractivity contribution is 0.668. The number of benzene rings is 5. The Labute approximate surface area is 252 Å². The number of rotatable bonds is 4. The first-order chi connectivity index (χ1) is 21.8. The van der Waals surface area contributed by atoms with Gasteiger partial charge in [-0.05, 0) is 52.6 Å². The van der Waals surface area contributed by atoms with Crippen LogP contribution in [0.4, 0.5) is 0 Å². The smallest absolute Gasteiger partial charge is 0.153 e. The molecule has 0 fully saturated rings. The molecule has 4 heterocycles. The van der Waals surface area contributed by atoms with Crippen LogP contribution < -0.4 is 0 Å². The summed E-state index contributed by atoms with van der Waals surface area (Å²) in [6.45, 7) is 0. The van der Waals surface area contributed by atoms with E-state index in [9.17, 15) is 0 Å². The van der Waals surface area contributed by atoms with Gasteiger partial charge in [-0.25, -0.2) is 4.98 Å². The molecule has 0 radical (unpaired) electrons. The Kier molecular flexibility index (Phi) is 5.47. The minimum Gasteiger partial charge on any atom is -0.455 e. The highest BCUT2D eigenvalue weighted by atomic mass is 16.3. The molecule has 5 aromatic carbocycles. The largest absolute Gasteiger partial charge is 0.455 e. The number of furan rings is 2. The number of para-hydroxylation sites is 2. The fourth-order valence-corrected chi connectivity index (χ4v) is 6.23. The molecule has 0 saturated heterocycles. The molecule has 0 N–H and O–H groups in total. The van der Waals surface area contributed by atoms with Gasteiger partial charge in [0.25, 0.3) is 0 Å². The number of aromatic nitrogens is 2. The van der Waals surface area contributed by atoms with Crippen LogP contribution in [0.15, 0.2) is 155 Å². The molecule has 0 bridgehead atoms. The van der Waals surface area contributed by atoms with E-state index in [1.807, 2.05) is 42.6 Å². The van der Waals surface area contributed by atoms with Gasteiger partial charge in [-0.3, -0.25) is 4.98 Å². The molecule has 0 saturated carbocycles. The highest BCUT2D eigenvalue weighted by Gasteiger charge is 2.17. The Morgan fingerprint density at radius 1 is 0.432 bits per heavy atom. The third kappa shape index (κ3) is 3.92. The van der Waals surface area contributed by atoms with E-state index < -0.39 is 0 Å². The zero-order valence-corrected chi connectivity index (χ0v) is 23.6. The summed E-state index contributed by atoms with van der Waals surface area (Å²) in [5.41, 5.74) is 12.7. The van der Waals surface area contributed by atoms with Crippen molar-refractivity contribution in [2.24, 2.45) is 0 Å². The Morgan fingerprint density at radius 3 is 1.89 bits per heavy atom. The SMILES string of the molecule is c1ccc(-c2ccc3oc4cc(-c5cccc6c5oc5c(-c7ccc(-c8cccnc8)cc7)cccc56)ccc4c3n2)cc1. The lowest BCUT2D eigenvalue weighted by Crippen LogP contribution is -1.83. The number of fused-ring (bicyclic) bond motifs is 6. The van der Waals surface area contributed by atoms with Crippen LogP contribution >= 0.6 is 0 Å². The molecule has 9 aromatic rings. The lowest BCUT2D eigenvalue weighted by Gasteiger charge is -2.05. The van der Waals surface area contributed by atoms with Crippen molar-refractivity contribution < 1.29 is 8.83 Å². The second kappa shape index (κ2) is 9.79. The van der Waals surface area contributed by atoms with E-state index in [-0.39, 0.29) is 0 Å². The summed E-state index contributed by atoms with van der Waals surface area (Å²) in [7, 11) is 0. The first-order valence-electron chi connectivity index (χ1n) is 14.6. The molecule has 4 nitrogen and oxygen atoms in total. The van der Waals surface area contributed by atoms with Crippen LogP contribution in [0.5, 0.6) is 0 Å². The summed E-state index contributed by atoms with van der Waals surface area (Å²) in [4.78, 5) is 9.22. The van der Waals surface area contributed by atoms with Gasteiger partial charge in [0.15, 0.2) is 5.58 Å². The highest BCUT2D eigenvalue weighted by Crippen LogP contribution is 2.41. The van der Waals surface area contributed by atoms with E-state index in [1.165, 1.54) is 0 Å². The zero-order chi connectivity index (χ0) is 29.0. The molecule has 0 spiro atoms. The van der Waals surface area contributed by atoms with Gasteiger partial charge in [0.1, 0.15) is 22.3 Å². The van der Waals surface area contributed by atoms with E-state index in [0.29, 0.717) is 0 Å². The minimum absolute atomic E-state index is 0.776. The fraction of sp³-hybridized carbons (Fsp3) is 0. The van der Waals surface area contributed by atoms with Crippen LogP contribution in [0.2, 0.25) is 0 Å². The maximum atomic E-state index is 6.72. The van der Waals surface area contributed by atoms with Crippen molar-refractivity contribution in [2.75, 3.05) is 0 Å². The molecule has 0 amide bonds. The molecule has 44 heavy (non-hydrogen) atoms. The molecule has 0 aliphatic heterocycles. The summed E-state index contributed by atoms with van der Waals surface area (Å²) in [6.07, 6.45) is 3.68. The van der Waals surface area contributed by atoms with Gasteiger partial charge >= 0.3 is 0 Å². The van der Waals surface area contributed by atoms with E-state index in [0.717, 1.165) is 88.6 Å². The van der Waals surface area contributed by atoms with Crippen molar-refractivity contribution in [3.8, 4) is 44.6 Å². The molecule has 0 aliphatic carbocycles. The normalized spacial score (nSPS) is 11.6. The topological polar surface area (TPSA) is 52.1 Å². The van der Waals surface area contributed by atoms with Crippen LogP contribution in [-0.4, -0.2) is 9.97 Å². The standard InChI is InChI=1S/C40H24N2O2/c1-2-7-27(8-3-1)35-20-21-36-38(42-35)34-19-18-28(23-37(34)43-36)31-11-5-13-33-32-12-4-10-30(39(32)44-40(31)33)26-16-14-25(15-17-26)29-9-6-22-41-24-29/h1-24H. The van der Waals surface area contributed by atoms with E-state index >= 15 is 0 Å². The minimum atomic E-state index is 0.776. The van der Waals surface area contributed by atoms with Crippen LogP contribution in [0.3, 0.4) is 0 Å². The second-order valence-electron chi connectivity index (χ2n) is 11.0. The van der Waals surface area contributed by atoms with Gasteiger partial charge in [-0.2, -0.15) is 0 Å². The van der Waals surface area contributed by atoms with Gasteiger partial charge in [-0.1, -0.05) is 103 Å². The quantitative estimate of drug-likeness (QED) is 0.213. The number of nitrogens with zero attached hydrogens (tertiary/aromatic N) is 2. The summed E-state index contributed by atoms with van der Waals surface area (Å²) in [6, 6.07) is 45.9. The molecule has 4 aromatic heterocycles. The maximum absolute atomic E-state index is 6.72. The molecule has 206 valence electrons. The molecule has 9 rings (SSSR count). The third-order valence-electron chi connectivity index (χ3n) is 8.41. The predicted molar refractivity (Wildman–Crippen MR) is 178 cm³/mol. The number of hydrogen-bond donors (Lipinski definition) is 0. The monoisotopic (exact) mass is 564 g/mol. The molecule has 4 heteroatoms. The molecule has 0 aliphatic rings. The van der Waals surface area contributed by atoms with E-state index in [4.69, 9.17) is 13.8 Å². The van der Waals surface area contributed by atoms with Gasteiger partial charge in [0.05, 0.1) is 5.69 Å². The molecular weight excluding hydrogens is 540 g/mol. The van der Waals surface area contributed by atoms with Crippen LogP contribution in [-0.2, 0) is 0 Å². The highest BCUT2D eigenvalue weighted by molar-refractivity contribution is 6.13. The summed E-state index contributed by atoms with van der Waals surface area (Å²) in [5, 5.41) is 3.18. The second-order valence-corrected chi connectivity index (χ2v) is 11.0. The number of pyridine rings is 2. The first kappa shape index (κ1) is 24.6. The number of hydrogen-bond acceptors (Lipinski definition) is 4. The van der Waals surface area contributed by atoms with Crippen molar-refractivity contribution in [3.05, 3.63) is 146 Å². The predicted octanol–water partition coefficient (Wildman–Crippen LogP) is 10.9. The van der Waals surface area contributed by atoms with Crippen LogP contribution in [0.1, 0.15) is 0 Å². The van der Waals surface area contributed by atoms with Gasteiger partial charge in [0, 0.05) is 45.2 Å². The van der Waals surface area contributed by atoms with E-state index in [2.05, 4.69) is 102 Å². The van der Waals surface area contributed by atoms with Crippen molar-refractivity contribution in [1.29, 1.82) is 0 Å². The van der Waals surface area contributed by atoms with Gasteiger partial charge < -0.3 is 8.83 Å². The Balaban J connectivity index is 1.15. The van der Waals surface area contributed by atoms with Crippen molar-refractivity contribution in [1.82, 2.24) is 9.97 Å². The molecule has 0 atom stereocenters. The van der Waals surface area contributed by atoms with Crippen LogP contribution in [0.25, 0.3) is 88.6 Å². The van der Waals surface area contributed by atoms with Crippen molar-refractivity contribution in [3.63, 3.8) is 0 Å². The van der Waals surface area contributed by atoms with Gasteiger partial charge in [0.2, 0.25) is 0 Å². The Bertz CT molecular complexity index is 2470. The van der Waals surface area contributed by atoms with Gasteiger partial charge in [-0.15, -0.1) is 0 Å². The Hall–Kier alpha value is -6.00. The third-order valence-corrected chi connectivity index (χ3v) is 8.41. The van der Waals surface area contributed by atoms with E-state index in [1.54, 1.807) is 6.20 Å². The molecular formula is C40H24N2O2. The van der Waals surface area contributed by atoms with Crippen molar-refractivity contribution in [2.45, 2.75) is 0 Å². The summed E-state index contributed by atoms with van der Waals surface area (Å²) >= 11 is 0. The average molecular weight is 565 g/mol. The maximum Gasteiger partial charge on any atom is 0.153 e. The lowest BCUT2D eigenvalue weighted by atomic mass is 9.98. The Morgan fingerprint density at radius 2 is 1.14 bits per heavy atom. The first-order valence-corrected chi connectivity index (χ1v) is 14.6. The van der Waals surface area contributed by atoms with Crippen LogP contribution in [0, 0.1) is 0 Å².